The van der Waals surface area contributed by atoms with Gasteiger partial charge in [-0.1, -0.05) is 39.5 Å². The molecule has 0 aromatic rings. The van der Waals surface area contributed by atoms with Crippen LogP contribution in [0.4, 0.5) is 0 Å². The van der Waals surface area contributed by atoms with E-state index in [9.17, 15) is 14.7 Å². The Kier molecular flexibility index (Phi) is 9.73. The highest BCUT2D eigenvalue weighted by Crippen LogP contribution is 2.19. The first kappa shape index (κ1) is 19.7. The zero-order valence-corrected chi connectivity index (χ0v) is 13.4. The molecule has 0 bridgehead atoms. The fraction of sp³-hybridized carbons (Fsp3) is 0.765. The van der Waals surface area contributed by atoms with Crippen LogP contribution in [0.2, 0.25) is 0 Å². The second-order valence-corrected chi connectivity index (χ2v) is 6.12. The van der Waals surface area contributed by atoms with Crippen molar-refractivity contribution in [3.05, 3.63) is 0 Å². The Morgan fingerprint density at radius 3 is 2.14 bits per heavy atom. The van der Waals surface area contributed by atoms with Gasteiger partial charge in [0.25, 0.3) is 0 Å². The molecule has 0 fully saturated rings. The molecule has 0 saturated carbocycles. The van der Waals surface area contributed by atoms with Crippen LogP contribution < -0.4 is 5.73 Å². The van der Waals surface area contributed by atoms with E-state index in [1.807, 2.05) is 13.8 Å². The number of terminal acetylenes is 1. The van der Waals surface area contributed by atoms with Gasteiger partial charge in [0.1, 0.15) is 0 Å². The first-order valence-corrected chi connectivity index (χ1v) is 7.83. The van der Waals surface area contributed by atoms with E-state index >= 15 is 0 Å². The topological polar surface area (TPSA) is 80.4 Å². The quantitative estimate of drug-likeness (QED) is 0.329. The van der Waals surface area contributed by atoms with Gasteiger partial charge in [-0.15, -0.1) is 12.3 Å². The maximum atomic E-state index is 12.1. The number of hydrogen-bond acceptors (Lipinski definition) is 3. The summed E-state index contributed by atoms with van der Waals surface area (Å²) in [6.07, 6.45) is 12.4. The van der Waals surface area contributed by atoms with Crippen LogP contribution in [0.25, 0.3) is 0 Å². The summed E-state index contributed by atoms with van der Waals surface area (Å²) in [6.45, 7) is 3.74. The molecule has 0 saturated heterocycles. The molecule has 0 aromatic heterocycles. The molecule has 0 aliphatic heterocycles. The maximum absolute atomic E-state index is 12.1. The van der Waals surface area contributed by atoms with E-state index in [1.54, 1.807) is 0 Å². The predicted molar refractivity (Wildman–Crippen MR) is 84.8 cm³/mol. The summed E-state index contributed by atoms with van der Waals surface area (Å²) < 4.78 is 0. The lowest BCUT2D eigenvalue weighted by Crippen LogP contribution is -2.55. The summed E-state index contributed by atoms with van der Waals surface area (Å²) in [4.78, 5) is 23.4. The second-order valence-electron chi connectivity index (χ2n) is 6.12. The third-order valence-electron chi connectivity index (χ3n) is 3.58. The summed E-state index contributed by atoms with van der Waals surface area (Å²) in [5, 5.41) is 9.21. The summed E-state index contributed by atoms with van der Waals surface area (Å²) in [5.74, 6) is 1.13. The molecule has 4 nitrogen and oxygen atoms in total. The fourth-order valence-electron chi connectivity index (χ4n) is 2.41. The van der Waals surface area contributed by atoms with Gasteiger partial charge in [-0.2, -0.15) is 0 Å². The Morgan fingerprint density at radius 2 is 1.67 bits per heavy atom. The van der Waals surface area contributed by atoms with Crippen LogP contribution in [0, 0.1) is 18.3 Å². The van der Waals surface area contributed by atoms with Gasteiger partial charge in [0.15, 0.2) is 11.3 Å². The molecule has 1 atom stereocenters. The average molecular weight is 295 g/mol. The van der Waals surface area contributed by atoms with Crippen LogP contribution in [-0.4, -0.2) is 22.4 Å². The molecule has 120 valence electrons. The van der Waals surface area contributed by atoms with Crippen LogP contribution in [-0.2, 0) is 9.59 Å². The summed E-state index contributed by atoms with van der Waals surface area (Å²) in [5.41, 5.74) is 4.09. The minimum Gasteiger partial charge on any atom is -0.480 e. The Labute approximate surface area is 128 Å². The molecule has 21 heavy (non-hydrogen) atoms. The monoisotopic (exact) mass is 295 g/mol. The first-order valence-electron chi connectivity index (χ1n) is 7.83. The van der Waals surface area contributed by atoms with Crippen molar-refractivity contribution in [1.82, 2.24) is 0 Å². The van der Waals surface area contributed by atoms with E-state index in [1.165, 1.54) is 0 Å². The van der Waals surface area contributed by atoms with Crippen LogP contribution in [0.3, 0.4) is 0 Å². The number of ketones is 1. The van der Waals surface area contributed by atoms with Gasteiger partial charge >= 0.3 is 5.97 Å². The molecule has 0 rings (SSSR count). The van der Waals surface area contributed by atoms with Crippen molar-refractivity contribution in [1.29, 1.82) is 0 Å². The normalized spacial score (nSPS) is 13.7. The van der Waals surface area contributed by atoms with Crippen molar-refractivity contribution in [2.45, 2.75) is 77.2 Å². The molecular weight excluding hydrogens is 266 g/mol. The number of carboxylic acids is 1. The molecule has 0 aromatic carbocycles. The van der Waals surface area contributed by atoms with Crippen molar-refractivity contribution in [2.75, 3.05) is 0 Å². The molecule has 0 unspecified atom stereocenters. The van der Waals surface area contributed by atoms with Gasteiger partial charge in [0.2, 0.25) is 0 Å². The molecule has 0 amide bonds. The first-order chi connectivity index (χ1) is 9.84. The van der Waals surface area contributed by atoms with Crippen molar-refractivity contribution < 1.29 is 14.7 Å². The van der Waals surface area contributed by atoms with Crippen LogP contribution >= 0.6 is 0 Å². The number of aliphatic carboxylic acids is 1. The van der Waals surface area contributed by atoms with Gasteiger partial charge in [-0.05, 0) is 25.2 Å². The number of unbranched alkanes of at least 4 members (excludes halogenated alkanes) is 6. The Bertz CT molecular complexity index is 371. The number of Topliss-reactive ketones (excluding diaryl/α,β-unsaturated/α-hetero) is 1. The Morgan fingerprint density at radius 1 is 1.14 bits per heavy atom. The molecule has 4 heteroatoms. The lowest BCUT2D eigenvalue weighted by Gasteiger charge is -2.25. The highest BCUT2D eigenvalue weighted by molar-refractivity contribution is 6.07. The Hall–Kier alpha value is -1.34. The van der Waals surface area contributed by atoms with Gasteiger partial charge in [-0.3, -0.25) is 4.79 Å². The third kappa shape index (κ3) is 7.87. The molecule has 0 radical (unpaired) electrons. The molecule has 3 N–H and O–H groups in total. The minimum atomic E-state index is -1.72. The van der Waals surface area contributed by atoms with E-state index in [2.05, 4.69) is 5.92 Å². The van der Waals surface area contributed by atoms with E-state index in [0.717, 1.165) is 38.5 Å². The standard InChI is InChI=1S/C17H29NO3/c1-4-5-6-7-8-9-10-11-12-15(19)17(18,16(20)21)13-14(2)3/h1,14H,5-13,18H2,2-3H3,(H,20,21)/t17-/m1/s1. The molecule has 0 heterocycles. The number of carboxylic acid groups (broad SMARTS) is 1. The molecule has 0 spiro atoms. The van der Waals surface area contributed by atoms with E-state index in [4.69, 9.17) is 12.2 Å². The third-order valence-corrected chi connectivity index (χ3v) is 3.58. The van der Waals surface area contributed by atoms with Gasteiger partial charge in [0.05, 0.1) is 0 Å². The van der Waals surface area contributed by atoms with Crippen molar-refractivity contribution in [3.8, 4) is 12.3 Å². The minimum absolute atomic E-state index is 0.0752. The summed E-state index contributed by atoms with van der Waals surface area (Å²) >= 11 is 0. The molecular formula is C17H29NO3. The maximum Gasteiger partial charge on any atom is 0.331 e. The number of hydrogen-bond donors (Lipinski definition) is 2. The number of carbonyl (C=O) groups is 2. The predicted octanol–water partition coefficient (Wildman–Crippen LogP) is 3.14. The van der Waals surface area contributed by atoms with E-state index < -0.39 is 11.5 Å². The highest BCUT2D eigenvalue weighted by Gasteiger charge is 2.41. The van der Waals surface area contributed by atoms with Crippen LogP contribution in [0.15, 0.2) is 0 Å². The SMILES string of the molecule is C#CCCCCCCCCC(=O)[C@](N)(CC(C)C)C(=O)O. The zero-order chi connectivity index (χ0) is 16.3. The fourth-order valence-corrected chi connectivity index (χ4v) is 2.41. The van der Waals surface area contributed by atoms with Crippen molar-refractivity contribution in [2.24, 2.45) is 11.7 Å². The van der Waals surface area contributed by atoms with Gasteiger partial charge in [0, 0.05) is 12.8 Å². The molecule has 0 aliphatic rings. The largest absolute Gasteiger partial charge is 0.480 e. The van der Waals surface area contributed by atoms with E-state index in [-0.39, 0.29) is 24.5 Å². The average Bonchev–Trinajstić information content (AvgIpc) is 2.40. The number of carbonyl (C=O) groups excluding carboxylic acids is 1. The lowest BCUT2D eigenvalue weighted by atomic mass is 9.84. The number of nitrogens with two attached hydrogens (primary N) is 1. The second kappa shape index (κ2) is 10.4. The van der Waals surface area contributed by atoms with Crippen LogP contribution in [0.5, 0.6) is 0 Å². The van der Waals surface area contributed by atoms with Gasteiger partial charge in [-0.25, -0.2) is 4.79 Å². The Balaban J connectivity index is 4.00. The highest BCUT2D eigenvalue weighted by atomic mass is 16.4. The lowest BCUT2D eigenvalue weighted by molar-refractivity contribution is -0.149. The van der Waals surface area contributed by atoms with Crippen molar-refractivity contribution in [3.63, 3.8) is 0 Å². The summed E-state index contributed by atoms with van der Waals surface area (Å²) in [7, 11) is 0. The molecule has 0 aliphatic carbocycles. The van der Waals surface area contributed by atoms with Crippen LogP contribution in [0.1, 0.15) is 71.6 Å². The smallest absolute Gasteiger partial charge is 0.331 e. The number of rotatable bonds is 12. The van der Waals surface area contributed by atoms with E-state index in [0.29, 0.717) is 6.42 Å². The van der Waals surface area contributed by atoms with Crippen molar-refractivity contribution >= 4 is 11.8 Å². The van der Waals surface area contributed by atoms with Gasteiger partial charge < -0.3 is 10.8 Å². The zero-order valence-electron chi connectivity index (χ0n) is 13.4. The summed E-state index contributed by atoms with van der Waals surface area (Å²) in [6, 6.07) is 0.